The zero-order valence-corrected chi connectivity index (χ0v) is 17.7. The van der Waals surface area contributed by atoms with Gasteiger partial charge in [0.1, 0.15) is 0 Å². The van der Waals surface area contributed by atoms with Crippen molar-refractivity contribution >= 4 is 23.1 Å². The zero-order valence-electron chi connectivity index (χ0n) is 16.9. The highest BCUT2D eigenvalue weighted by atomic mass is 35.5. The summed E-state index contributed by atoms with van der Waals surface area (Å²) in [6.45, 7) is 2.98. The van der Waals surface area contributed by atoms with Crippen LogP contribution < -0.4 is 0 Å². The summed E-state index contributed by atoms with van der Waals surface area (Å²) < 4.78 is 4.74. The molecule has 0 radical (unpaired) electrons. The summed E-state index contributed by atoms with van der Waals surface area (Å²) in [6, 6.07) is 10.5. The van der Waals surface area contributed by atoms with Gasteiger partial charge in [-0.15, -0.1) is 0 Å². The number of fused-ring (bicyclic) bond motifs is 2. The molecule has 0 unspecified atom stereocenters. The number of piperidine rings is 1. The minimum absolute atomic E-state index is 0.124. The van der Waals surface area contributed by atoms with Gasteiger partial charge in [0.15, 0.2) is 0 Å². The van der Waals surface area contributed by atoms with Crippen LogP contribution in [0, 0.1) is 0 Å². The second-order valence-corrected chi connectivity index (χ2v) is 8.25. The Morgan fingerprint density at radius 3 is 2.72 bits per heavy atom. The third-order valence-electron chi connectivity index (χ3n) is 6.02. The van der Waals surface area contributed by atoms with Crippen LogP contribution in [-0.2, 0) is 22.4 Å². The Morgan fingerprint density at radius 2 is 1.93 bits per heavy atom. The number of aromatic nitrogens is 1. The van der Waals surface area contributed by atoms with Crippen molar-refractivity contribution in [3.63, 3.8) is 0 Å². The van der Waals surface area contributed by atoms with Gasteiger partial charge in [-0.25, -0.2) is 0 Å². The Kier molecular flexibility index (Phi) is 6.31. The normalized spacial score (nSPS) is 16.8. The molecule has 2 heterocycles. The summed E-state index contributed by atoms with van der Waals surface area (Å²) in [7, 11) is 1.45. The van der Waals surface area contributed by atoms with Crippen LogP contribution in [0.15, 0.2) is 42.1 Å². The number of carbonyl (C=O) groups excluding carboxylic acids is 1. The van der Waals surface area contributed by atoms with Crippen LogP contribution in [0.4, 0.5) is 0 Å². The van der Waals surface area contributed by atoms with Crippen LogP contribution in [0.3, 0.4) is 0 Å². The van der Waals surface area contributed by atoms with Crippen LogP contribution >= 0.6 is 11.6 Å². The first kappa shape index (κ1) is 20.1. The summed E-state index contributed by atoms with van der Waals surface area (Å²) in [5.74, 6) is -0.124. The van der Waals surface area contributed by atoms with Gasteiger partial charge in [0.05, 0.1) is 12.8 Å². The van der Waals surface area contributed by atoms with E-state index in [4.69, 9.17) is 21.3 Å². The Bertz CT molecular complexity index is 928. The average molecular weight is 411 g/mol. The molecule has 0 spiro atoms. The number of methoxy groups -OCH3 is 1. The predicted octanol–water partition coefficient (Wildman–Crippen LogP) is 4.68. The van der Waals surface area contributed by atoms with Crippen LogP contribution in [0.5, 0.6) is 0 Å². The highest BCUT2D eigenvalue weighted by Gasteiger charge is 2.25. The predicted molar refractivity (Wildman–Crippen MR) is 116 cm³/mol. The van der Waals surface area contributed by atoms with Gasteiger partial charge in [-0.2, -0.15) is 0 Å². The molecule has 0 saturated carbocycles. The number of nitrogens with zero attached hydrogens (tertiary/aromatic N) is 2. The molecule has 5 heteroatoms. The lowest BCUT2D eigenvalue weighted by Crippen LogP contribution is -2.32. The third kappa shape index (κ3) is 4.54. The van der Waals surface area contributed by atoms with E-state index in [1.54, 1.807) is 0 Å². The van der Waals surface area contributed by atoms with E-state index in [2.05, 4.69) is 23.1 Å². The van der Waals surface area contributed by atoms with E-state index in [-0.39, 0.29) is 5.97 Å². The quantitative estimate of drug-likeness (QED) is 0.686. The number of likely N-dealkylation sites (tertiary alicyclic amines) is 1. The molecule has 0 bridgehead atoms. The maximum Gasteiger partial charge on any atom is 0.305 e. The summed E-state index contributed by atoms with van der Waals surface area (Å²) in [4.78, 5) is 18.6. The molecule has 4 rings (SSSR count). The first-order valence-corrected chi connectivity index (χ1v) is 10.8. The molecule has 152 valence electrons. The van der Waals surface area contributed by atoms with Crippen molar-refractivity contribution in [3.05, 3.63) is 69.5 Å². The Hall–Kier alpha value is -2.17. The molecule has 1 aliphatic carbocycles. The topological polar surface area (TPSA) is 42.4 Å². The van der Waals surface area contributed by atoms with Gasteiger partial charge in [-0.1, -0.05) is 29.3 Å². The summed E-state index contributed by atoms with van der Waals surface area (Å²) in [5, 5.41) is 0.799. The Labute approximate surface area is 177 Å². The van der Waals surface area contributed by atoms with E-state index in [0.29, 0.717) is 6.42 Å². The molecule has 0 amide bonds. The first-order chi connectivity index (χ1) is 14.2. The Morgan fingerprint density at radius 1 is 1.14 bits per heavy atom. The van der Waals surface area contributed by atoms with Gasteiger partial charge in [0.25, 0.3) is 0 Å². The maximum atomic E-state index is 11.3. The van der Waals surface area contributed by atoms with Gasteiger partial charge >= 0.3 is 5.97 Å². The number of hydrogen-bond donors (Lipinski definition) is 0. The largest absolute Gasteiger partial charge is 0.469 e. The number of esters is 1. The molecule has 1 aromatic carbocycles. The number of ether oxygens (including phenoxy) is 1. The molecule has 1 aromatic heterocycles. The molecule has 4 nitrogen and oxygen atoms in total. The molecule has 29 heavy (non-hydrogen) atoms. The van der Waals surface area contributed by atoms with Crippen LogP contribution in [0.2, 0.25) is 5.02 Å². The maximum absolute atomic E-state index is 11.3. The Balaban J connectivity index is 1.59. The van der Waals surface area contributed by atoms with Crippen molar-refractivity contribution in [2.45, 2.75) is 38.5 Å². The molecule has 1 fully saturated rings. The fourth-order valence-electron chi connectivity index (χ4n) is 4.48. The lowest BCUT2D eigenvalue weighted by Gasteiger charge is -2.30. The number of carbonyl (C=O) groups is 1. The van der Waals surface area contributed by atoms with E-state index in [9.17, 15) is 4.79 Å². The fraction of sp³-hybridized carbons (Fsp3) is 0.417. The molecule has 2 aromatic rings. The van der Waals surface area contributed by atoms with Gasteiger partial charge in [0.2, 0.25) is 0 Å². The van der Waals surface area contributed by atoms with E-state index in [0.717, 1.165) is 62.5 Å². The van der Waals surface area contributed by atoms with Crippen molar-refractivity contribution in [1.29, 1.82) is 0 Å². The number of rotatable bonds is 4. The monoisotopic (exact) mass is 410 g/mol. The highest BCUT2D eigenvalue weighted by Crippen LogP contribution is 2.38. The smallest absolute Gasteiger partial charge is 0.305 e. The molecular weight excluding hydrogens is 384 g/mol. The number of halogens is 1. The van der Waals surface area contributed by atoms with Crippen molar-refractivity contribution in [3.8, 4) is 0 Å². The van der Waals surface area contributed by atoms with E-state index < -0.39 is 0 Å². The first-order valence-electron chi connectivity index (χ1n) is 10.4. The van der Waals surface area contributed by atoms with Crippen molar-refractivity contribution in [1.82, 2.24) is 9.88 Å². The molecule has 0 atom stereocenters. The van der Waals surface area contributed by atoms with E-state index in [1.807, 2.05) is 18.3 Å². The standard InChI is InChI=1S/C24H27ClN2O2/c1-29-22(28)5-3-13-27-14-10-17(11-15-27)23-21-9-8-20(25)16-19(21)7-6-18-4-2-12-26-24(18)23/h2,4,8-9,12,16H,3,5-7,10-11,13-15H2,1H3. The van der Waals surface area contributed by atoms with Gasteiger partial charge in [-0.05, 0) is 73.5 Å². The van der Waals surface area contributed by atoms with Gasteiger partial charge in [-0.3, -0.25) is 9.78 Å². The zero-order chi connectivity index (χ0) is 20.2. The average Bonchev–Trinajstić information content (AvgIpc) is 2.91. The molecule has 2 aliphatic rings. The minimum Gasteiger partial charge on any atom is -0.469 e. The number of hydrogen-bond acceptors (Lipinski definition) is 4. The van der Waals surface area contributed by atoms with Crippen LogP contribution in [0.25, 0.3) is 5.57 Å². The summed E-state index contributed by atoms with van der Waals surface area (Å²) in [6.07, 6.45) is 7.30. The van der Waals surface area contributed by atoms with Crippen LogP contribution in [0.1, 0.15) is 48.1 Å². The fourth-order valence-corrected chi connectivity index (χ4v) is 4.67. The number of pyridine rings is 1. The summed E-state index contributed by atoms with van der Waals surface area (Å²) >= 11 is 6.30. The number of benzene rings is 1. The lowest BCUT2D eigenvalue weighted by atomic mass is 9.88. The van der Waals surface area contributed by atoms with E-state index >= 15 is 0 Å². The SMILES string of the molecule is COC(=O)CCCN1CCC(=C2c3ccc(Cl)cc3CCc3cccnc32)CC1. The van der Waals surface area contributed by atoms with Gasteiger partial charge < -0.3 is 9.64 Å². The lowest BCUT2D eigenvalue weighted by molar-refractivity contribution is -0.140. The van der Waals surface area contributed by atoms with Crippen molar-refractivity contribution in [2.24, 2.45) is 0 Å². The second kappa shape index (κ2) is 9.10. The van der Waals surface area contributed by atoms with Crippen molar-refractivity contribution in [2.75, 3.05) is 26.7 Å². The van der Waals surface area contributed by atoms with E-state index in [1.165, 1.54) is 34.9 Å². The summed E-state index contributed by atoms with van der Waals surface area (Å²) in [5.41, 5.74) is 7.88. The molecule has 1 aliphatic heterocycles. The molecular formula is C24H27ClN2O2. The minimum atomic E-state index is -0.124. The molecule has 1 saturated heterocycles. The highest BCUT2D eigenvalue weighted by molar-refractivity contribution is 6.30. The number of aryl methyl sites for hydroxylation is 2. The third-order valence-corrected chi connectivity index (χ3v) is 6.26. The second-order valence-electron chi connectivity index (χ2n) is 7.81. The van der Waals surface area contributed by atoms with Gasteiger partial charge in [0, 0.05) is 36.3 Å². The van der Waals surface area contributed by atoms with Crippen molar-refractivity contribution < 1.29 is 9.53 Å². The van der Waals surface area contributed by atoms with Crippen LogP contribution in [-0.4, -0.2) is 42.6 Å². The molecule has 0 N–H and O–H groups in total.